The molecule has 0 aliphatic carbocycles. The van der Waals surface area contributed by atoms with Crippen LogP contribution < -0.4 is 0 Å². The molecule has 0 fully saturated rings. The lowest BCUT2D eigenvalue weighted by molar-refractivity contribution is 1.18. The van der Waals surface area contributed by atoms with Crippen LogP contribution in [0.1, 0.15) is 11.1 Å². The van der Waals surface area contributed by atoms with Crippen LogP contribution in [0, 0.1) is 13.8 Å². The van der Waals surface area contributed by atoms with Crippen molar-refractivity contribution in [1.82, 2.24) is 15.0 Å². The van der Waals surface area contributed by atoms with Crippen molar-refractivity contribution in [2.45, 2.75) is 13.8 Å². The van der Waals surface area contributed by atoms with Gasteiger partial charge in [-0.1, -0.05) is 169 Å². The average Bonchev–Trinajstić information content (AvgIpc) is 3.21. The number of hydrogen-bond acceptors (Lipinski definition) is 3. The zero-order chi connectivity index (χ0) is 35.0. The van der Waals surface area contributed by atoms with E-state index in [0.29, 0.717) is 0 Å². The fourth-order valence-electron chi connectivity index (χ4n) is 7.06. The van der Waals surface area contributed by atoms with Crippen molar-refractivity contribution in [2.24, 2.45) is 0 Å². The molecule has 0 aliphatic heterocycles. The van der Waals surface area contributed by atoms with E-state index < -0.39 is 0 Å². The molecule has 52 heavy (non-hydrogen) atoms. The topological polar surface area (TPSA) is 38.7 Å². The number of para-hydroxylation sites is 1. The van der Waals surface area contributed by atoms with Crippen molar-refractivity contribution >= 4 is 21.7 Å². The van der Waals surface area contributed by atoms with Crippen LogP contribution >= 0.6 is 0 Å². The quantitative estimate of drug-likeness (QED) is 0.166. The molecule has 2 heterocycles. The fourth-order valence-corrected chi connectivity index (χ4v) is 7.06. The van der Waals surface area contributed by atoms with Crippen LogP contribution in [-0.4, -0.2) is 15.0 Å². The van der Waals surface area contributed by atoms with Gasteiger partial charge in [-0.05, 0) is 54.3 Å². The summed E-state index contributed by atoms with van der Waals surface area (Å²) >= 11 is 0. The van der Waals surface area contributed by atoms with Crippen LogP contribution in [0.4, 0.5) is 0 Å². The second-order valence-corrected chi connectivity index (χ2v) is 13.4. The highest BCUT2D eigenvalue weighted by Gasteiger charge is 2.15. The first-order chi connectivity index (χ1) is 25.6. The third-order valence-corrected chi connectivity index (χ3v) is 9.84. The third-order valence-electron chi connectivity index (χ3n) is 9.84. The van der Waals surface area contributed by atoms with Gasteiger partial charge in [-0.3, -0.25) is 0 Å². The van der Waals surface area contributed by atoms with E-state index in [4.69, 9.17) is 15.0 Å². The minimum absolute atomic E-state index is 0.719. The summed E-state index contributed by atoms with van der Waals surface area (Å²) in [5, 5.41) is 3.53. The smallest absolute Gasteiger partial charge is 0.160 e. The molecule has 0 saturated carbocycles. The molecule has 0 unspecified atom stereocenters. The summed E-state index contributed by atoms with van der Waals surface area (Å²) in [7, 11) is 0. The number of nitrogens with zero attached hydrogens (tertiary/aromatic N) is 3. The van der Waals surface area contributed by atoms with E-state index in [1.165, 1.54) is 27.6 Å². The van der Waals surface area contributed by atoms with E-state index in [-0.39, 0.29) is 0 Å². The predicted octanol–water partition coefficient (Wildman–Crippen LogP) is 12.8. The molecule has 0 spiro atoms. The van der Waals surface area contributed by atoms with Crippen LogP contribution in [0.15, 0.2) is 176 Å². The van der Waals surface area contributed by atoms with Crippen LogP contribution in [0.25, 0.3) is 89.1 Å². The van der Waals surface area contributed by atoms with Gasteiger partial charge in [0.1, 0.15) is 0 Å². The Morgan fingerprint density at radius 3 is 1.65 bits per heavy atom. The van der Waals surface area contributed by atoms with Crippen LogP contribution in [0.5, 0.6) is 0 Å². The molecule has 9 rings (SSSR count). The molecule has 0 bridgehead atoms. The Morgan fingerprint density at radius 2 is 0.904 bits per heavy atom. The lowest BCUT2D eigenvalue weighted by Gasteiger charge is -2.14. The zero-order valence-corrected chi connectivity index (χ0v) is 29.1. The van der Waals surface area contributed by atoms with E-state index in [0.717, 1.165) is 72.6 Å². The van der Waals surface area contributed by atoms with E-state index in [2.05, 4.69) is 184 Å². The van der Waals surface area contributed by atoms with Crippen LogP contribution in [0.2, 0.25) is 0 Å². The van der Waals surface area contributed by atoms with Crippen molar-refractivity contribution in [3.05, 3.63) is 187 Å². The van der Waals surface area contributed by atoms with Crippen molar-refractivity contribution in [3.63, 3.8) is 0 Å². The SMILES string of the molecule is Cc1ccc(-c2cc(-c3cccc(-c4ccc(-c5cccc6c(-c7ccccc7)nc7ccccc7c56)cc4)c3)nc(-c3ccc(C)cc3)n2)cc1. The number of fused-ring (bicyclic) bond motifs is 3. The molecule has 3 nitrogen and oxygen atoms in total. The molecule has 0 radical (unpaired) electrons. The standard InChI is InChI=1S/C49H35N3/c1-32-18-22-36(23-19-32)45-31-46(52-49(51-45)38-24-20-33(2)21-25-38)40-13-8-12-39(30-40)34-26-28-35(29-27-34)41-15-9-16-43-47(41)42-14-6-7-17-44(42)50-48(43)37-10-4-3-5-11-37/h3-31H,1-2H3. The minimum Gasteiger partial charge on any atom is -0.247 e. The maximum atomic E-state index is 5.14. The number of pyridine rings is 1. The highest BCUT2D eigenvalue weighted by Crippen LogP contribution is 2.39. The van der Waals surface area contributed by atoms with Crippen molar-refractivity contribution in [2.75, 3.05) is 0 Å². The predicted molar refractivity (Wildman–Crippen MR) is 217 cm³/mol. The first kappa shape index (κ1) is 31.3. The molecular weight excluding hydrogens is 631 g/mol. The number of aryl methyl sites for hydroxylation is 2. The summed E-state index contributed by atoms with van der Waals surface area (Å²) in [6, 6.07) is 62.2. The molecular formula is C49H35N3. The van der Waals surface area contributed by atoms with Crippen molar-refractivity contribution < 1.29 is 0 Å². The average molecular weight is 666 g/mol. The summed E-state index contributed by atoms with van der Waals surface area (Å²) in [5.74, 6) is 0.719. The molecule has 0 amide bonds. The molecule has 2 aromatic heterocycles. The van der Waals surface area contributed by atoms with Gasteiger partial charge in [-0.25, -0.2) is 15.0 Å². The molecule has 9 aromatic rings. The molecule has 246 valence electrons. The second-order valence-electron chi connectivity index (χ2n) is 13.4. The normalized spacial score (nSPS) is 11.3. The Hall–Kier alpha value is -6.71. The molecule has 0 N–H and O–H groups in total. The van der Waals surface area contributed by atoms with Crippen LogP contribution in [0.3, 0.4) is 0 Å². The monoisotopic (exact) mass is 665 g/mol. The molecule has 0 saturated heterocycles. The highest BCUT2D eigenvalue weighted by atomic mass is 14.9. The second kappa shape index (κ2) is 13.2. The van der Waals surface area contributed by atoms with E-state index >= 15 is 0 Å². The Kier molecular flexibility index (Phi) is 7.94. The van der Waals surface area contributed by atoms with Gasteiger partial charge < -0.3 is 0 Å². The summed E-state index contributed by atoms with van der Waals surface area (Å²) in [6.07, 6.45) is 0. The lowest BCUT2D eigenvalue weighted by Crippen LogP contribution is -1.96. The van der Waals surface area contributed by atoms with Gasteiger partial charge in [0.15, 0.2) is 5.82 Å². The van der Waals surface area contributed by atoms with Crippen molar-refractivity contribution in [3.8, 4) is 67.4 Å². The largest absolute Gasteiger partial charge is 0.247 e. The lowest BCUT2D eigenvalue weighted by atomic mass is 9.92. The van der Waals surface area contributed by atoms with Gasteiger partial charge in [0.2, 0.25) is 0 Å². The molecule has 0 aliphatic rings. The van der Waals surface area contributed by atoms with E-state index in [9.17, 15) is 0 Å². The van der Waals surface area contributed by atoms with Gasteiger partial charge in [0.05, 0.1) is 22.6 Å². The zero-order valence-electron chi connectivity index (χ0n) is 29.1. The summed E-state index contributed by atoms with van der Waals surface area (Å²) < 4.78 is 0. The van der Waals surface area contributed by atoms with Gasteiger partial charge in [0, 0.05) is 38.4 Å². The fraction of sp³-hybridized carbons (Fsp3) is 0.0408. The summed E-state index contributed by atoms with van der Waals surface area (Å²) in [5.41, 5.74) is 15.1. The Bertz CT molecular complexity index is 2650. The molecule has 3 heteroatoms. The number of aromatic nitrogens is 3. The van der Waals surface area contributed by atoms with Gasteiger partial charge in [0.25, 0.3) is 0 Å². The van der Waals surface area contributed by atoms with Crippen molar-refractivity contribution in [1.29, 1.82) is 0 Å². The Morgan fingerprint density at radius 1 is 0.346 bits per heavy atom. The summed E-state index contributed by atoms with van der Waals surface area (Å²) in [6.45, 7) is 4.20. The maximum Gasteiger partial charge on any atom is 0.160 e. The van der Waals surface area contributed by atoms with Gasteiger partial charge >= 0.3 is 0 Å². The van der Waals surface area contributed by atoms with Gasteiger partial charge in [-0.2, -0.15) is 0 Å². The maximum absolute atomic E-state index is 5.14. The first-order valence-corrected chi connectivity index (χ1v) is 17.7. The highest BCUT2D eigenvalue weighted by molar-refractivity contribution is 6.17. The Balaban J connectivity index is 1.12. The van der Waals surface area contributed by atoms with Gasteiger partial charge in [-0.15, -0.1) is 0 Å². The number of benzene rings is 7. The van der Waals surface area contributed by atoms with Crippen LogP contribution in [-0.2, 0) is 0 Å². The molecule has 7 aromatic carbocycles. The molecule has 0 atom stereocenters. The first-order valence-electron chi connectivity index (χ1n) is 17.7. The minimum atomic E-state index is 0.719. The number of hydrogen-bond donors (Lipinski definition) is 0. The van der Waals surface area contributed by atoms with E-state index in [1.807, 2.05) is 6.07 Å². The number of rotatable bonds is 6. The Labute approximate surface area is 304 Å². The third kappa shape index (κ3) is 5.93. The summed E-state index contributed by atoms with van der Waals surface area (Å²) in [4.78, 5) is 15.3. The van der Waals surface area contributed by atoms with E-state index in [1.54, 1.807) is 0 Å².